The van der Waals surface area contributed by atoms with Crippen LogP contribution >= 0.6 is 38.5 Å². The Kier molecular flexibility index (Phi) is 7.26. The van der Waals surface area contributed by atoms with Crippen LogP contribution in [0.5, 0.6) is 5.75 Å². The lowest BCUT2D eigenvalue weighted by Crippen LogP contribution is -2.43. The highest BCUT2D eigenvalue weighted by atomic mass is 127. The predicted molar refractivity (Wildman–Crippen MR) is 118 cm³/mol. The number of aliphatic imine (C=N–C) groups is 1. The number of nitrogens with zero attached hydrogens (tertiary/aromatic N) is 2. The van der Waals surface area contributed by atoms with Gasteiger partial charge in [0.2, 0.25) is 0 Å². The molecule has 27 heavy (non-hydrogen) atoms. The third-order valence-electron chi connectivity index (χ3n) is 4.18. The first-order chi connectivity index (χ1) is 13.0. The number of hydrogen-bond donors (Lipinski definition) is 0. The van der Waals surface area contributed by atoms with Gasteiger partial charge in [-0.1, -0.05) is 0 Å². The summed E-state index contributed by atoms with van der Waals surface area (Å²) in [6, 6.07) is 11.8. The second-order valence-electron chi connectivity index (χ2n) is 6.16. The van der Waals surface area contributed by atoms with Crippen molar-refractivity contribution in [3.63, 3.8) is 0 Å². The van der Waals surface area contributed by atoms with E-state index in [0.717, 1.165) is 15.7 Å². The second-order valence-corrected chi connectivity index (χ2v) is 8.18. The van der Waals surface area contributed by atoms with Crippen molar-refractivity contribution in [1.29, 1.82) is 0 Å². The molecule has 0 saturated carbocycles. The molecule has 0 aliphatic carbocycles. The number of rotatable bonds is 5. The molecule has 2 aromatic rings. The van der Waals surface area contributed by atoms with E-state index in [1.165, 1.54) is 9.13 Å². The largest absolute Gasteiger partial charge is 0.483 e. The number of hydrogen-bond acceptors (Lipinski definition) is 4. The molecule has 0 aromatic heterocycles. The van der Waals surface area contributed by atoms with Crippen LogP contribution in [0.4, 0.5) is 5.69 Å². The smallest absolute Gasteiger partial charge is 0.260 e. The number of aryl methyl sites for hydroxylation is 1. The second kappa shape index (κ2) is 9.66. The zero-order valence-corrected chi connectivity index (χ0v) is 18.7. The van der Waals surface area contributed by atoms with E-state index in [4.69, 9.17) is 9.47 Å². The average molecular weight is 543 g/mol. The van der Waals surface area contributed by atoms with Crippen molar-refractivity contribution in [2.45, 2.75) is 6.92 Å². The van der Waals surface area contributed by atoms with Gasteiger partial charge in [-0.15, -0.1) is 0 Å². The van der Waals surface area contributed by atoms with Gasteiger partial charge in [0.25, 0.3) is 5.91 Å². The Balaban J connectivity index is 1.60. The lowest BCUT2D eigenvalue weighted by molar-refractivity contribution is -0.137. The van der Waals surface area contributed by atoms with Crippen LogP contribution in [0.3, 0.4) is 0 Å². The molecule has 142 valence electrons. The monoisotopic (exact) mass is 542 g/mol. The minimum absolute atomic E-state index is 0.0218. The highest BCUT2D eigenvalue weighted by Crippen LogP contribution is 2.26. The van der Waals surface area contributed by atoms with E-state index >= 15 is 0 Å². The van der Waals surface area contributed by atoms with Crippen molar-refractivity contribution in [3.8, 4) is 5.75 Å². The van der Waals surface area contributed by atoms with Gasteiger partial charge < -0.3 is 14.4 Å². The summed E-state index contributed by atoms with van der Waals surface area (Å²) in [6.07, 6.45) is 1.81. The first-order valence-electron chi connectivity index (χ1n) is 8.61. The summed E-state index contributed by atoms with van der Waals surface area (Å²) in [5.74, 6) is 0.615. The fraction of sp³-hybridized carbons (Fsp3) is 0.300. The van der Waals surface area contributed by atoms with Crippen molar-refractivity contribution < 1.29 is 14.3 Å². The Morgan fingerprint density at radius 3 is 2.78 bits per heavy atom. The fourth-order valence-electron chi connectivity index (χ4n) is 2.62. The van der Waals surface area contributed by atoms with E-state index in [2.05, 4.69) is 62.6 Å². The molecule has 0 radical (unpaired) electrons. The number of carbonyl (C=O) groups is 1. The molecule has 0 unspecified atom stereocenters. The van der Waals surface area contributed by atoms with Crippen LogP contribution in [0, 0.1) is 10.5 Å². The van der Waals surface area contributed by atoms with Gasteiger partial charge >= 0.3 is 0 Å². The van der Waals surface area contributed by atoms with Crippen molar-refractivity contribution in [3.05, 3.63) is 55.6 Å². The number of morpholine rings is 1. The maximum Gasteiger partial charge on any atom is 0.260 e. The SMILES string of the molecule is Cc1cc(N=Cc2ccc(OCC(=O)N3CCOCC3)c(Br)c2)ccc1I. The van der Waals surface area contributed by atoms with Crippen LogP contribution in [0.25, 0.3) is 0 Å². The van der Waals surface area contributed by atoms with Crippen molar-refractivity contribution in [2.24, 2.45) is 4.99 Å². The molecule has 1 aliphatic heterocycles. The Labute approximate surface area is 181 Å². The molecule has 1 fully saturated rings. The first-order valence-corrected chi connectivity index (χ1v) is 10.5. The Bertz CT molecular complexity index is 851. The third kappa shape index (κ3) is 5.76. The van der Waals surface area contributed by atoms with Gasteiger partial charge in [0.1, 0.15) is 5.75 Å². The molecule has 3 rings (SSSR count). The van der Waals surface area contributed by atoms with Crippen LogP contribution in [-0.4, -0.2) is 49.9 Å². The van der Waals surface area contributed by atoms with Gasteiger partial charge in [-0.3, -0.25) is 9.79 Å². The van der Waals surface area contributed by atoms with Gasteiger partial charge in [0.15, 0.2) is 6.61 Å². The van der Waals surface area contributed by atoms with E-state index in [9.17, 15) is 4.79 Å². The Morgan fingerprint density at radius 1 is 1.30 bits per heavy atom. The van der Waals surface area contributed by atoms with Crippen molar-refractivity contribution in [1.82, 2.24) is 4.90 Å². The minimum Gasteiger partial charge on any atom is -0.483 e. The van der Waals surface area contributed by atoms with Gasteiger partial charge in [-0.05, 0) is 93.0 Å². The Morgan fingerprint density at radius 2 is 2.07 bits per heavy atom. The summed E-state index contributed by atoms with van der Waals surface area (Å²) in [6.45, 7) is 4.51. The molecule has 0 spiro atoms. The molecule has 1 saturated heterocycles. The molecule has 0 bridgehead atoms. The molecule has 1 aliphatic rings. The topological polar surface area (TPSA) is 51.1 Å². The average Bonchev–Trinajstić information content (AvgIpc) is 2.68. The van der Waals surface area contributed by atoms with E-state index in [-0.39, 0.29) is 12.5 Å². The number of ether oxygens (including phenoxy) is 2. The molecule has 1 heterocycles. The van der Waals surface area contributed by atoms with Crippen LogP contribution in [0.2, 0.25) is 0 Å². The van der Waals surface area contributed by atoms with Gasteiger partial charge in [-0.2, -0.15) is 0 Å². The quantitative estimate of drug-likeness (QED) is 0.417. The van der Waals surface area contributed by atoms with Gasteiger partial charge in [0.05, 0.1) is 23.4 Å². The van der Waals surface area contributed by atoms with Crippen LogP contribution < -0.4 is 4.74 Å². The van der Waals surface area contributed by atoms with Crippen LogP contribution in [-0.2, 0) is 9.53 Å². The lowest BCUT2D eigenvalue weighted by atomic mass is 10.2. The third-order valence-corrected chi connectivity index (χ3v) is 6.01. The fourth-order valence-corrected chi connectivity index (χ4v) is 3.46. The summed E-state index contributed by atoms with van der Waals surface area (Å²) >= 11 is 5.82. The minimum atomic E-state index is -0.0232. The summed E-state index contributed by atoms with van der Waals surface area (Å²) < 4.78 is 12.9. The number of carbonyl (C=O) groups excluding carboxylic acids is 1. The van der Waals surface area contributed by atoms with E-state index < -0.39 is 0 Å². The maximum atomic E-state index is 12.2. The Hall–Kier alpha value is -1.45. The van der Waals surface area contributed by atoms with E-state index in [1.54, 1.807) is 4.90 Å². The highest BCUT2D eigenvalue weighted by Gasteiger charge is 2.17. The molecule has 0 atom stereocenters. The summed E-state index contributed by atoms with van der Waals surface area (Å²) in [5, 5.41) is 0. The van der Waals surface area contributed by atoms with Crippen molar-refractivity contribution >= 4 is 56.3 Å². The molecular weight excluding hydrogens is 523 g/mol. The number of halogens is 2. The molecule has 1 amide bonds. The zero-order valence-electron chi connectivity index (χ0n) is 15.0. The first kappa shape index (κ1) is 20.3. The predicted octanol–water partition coefficient (Wildman–Crippen LogP) is 4.35. The van der Waals surface area contributed by atoms with Crippen molar-refractivity contribution in [2.75, 3.05) is 32.9 Å². The summed E-state index contributed by atoms with van der Waals surface area (Å²) in [4.78, 5) is 18.5. The molecule has 5 nitrogen and oxygen atoms in total. The van der Waals surface area contributed by atoms with Crippen LogP contribution in [0.1, 0.15) is 11.1 Å². The standard InChI is InChI=1S/C20H20BrIN2O3/c1-14-10-16(3-4-18(14)22)23-12-15-2-5-19(17(21)11-15)27-13-20(25)24-6-8-26-9-7-24/h2-5,10-12H,6-9,13H2,1H3. The molecule has 0 N–H and O–H groups in total. The molecular formula is C20H20BrIN2O3. The van der Waals surface area contributed by atoms with Crippen LogP contribution in [0.15, 0.2) is 45.9 Å². The van der Waals surface area contributed by atoms with E-state index in [0.29, 0.717) is 32.1 Å². The normalized spacial score (nSPS) is 14.6. The maximum absolute atomic E-state index is 12.2. The van der Waals surface area contributed by atoms with E-state index in [1.807, 2.05) is 30.5 Å². The number of amides is 1. The zero-order chi connectivity index (χ0) is 19.2. The van der Waals surface area contributed by atoms with Gasteiger partial charge in [0, 0.05) is 22.9 Å². The molecule has 7 heteroatoms. The molecule has 2 aromatic carbocycles. The summed E-state index contributed by atoms with van der Waals surface area (Å²) in [7, 11) is 0. The highest BCUT2D eigenvalue weighted by molar-refractivity contribution is 14.1. The summed E-state index contributed by atoms with van der Waals surface area (Å²) in [5.41, 5.74) is 3.07. The number of benzene rings is 2. The lowest BCUT2D eigenvalue weighted by Gasteiger charge is -2.26. The van der Waals surface area contributed by atoms with Gasteiger partial charge in [-0.25, -0.2) is 0 Å².